The van der Waals surface area contributed by atoms with Crippen LogP contribution in [0.4, 0.5) is 0 Å². The maximum atomic E-state index is 11.5. The Kier molecular flexibility index (Phi) is 5.54. The quantitative estimate of drug-likeness (QED) is 0.765. The molecule has 2 aromatic rings. The van der Waals surface area contributed by atoms with E-state index in [2.05, 4.69) is 5.32 Å². The van der Waals surface area contributed by atoms with Crippen molar-refractivity contribution in [3.05, 3.63) is 59.5 Å². The maximum Gasteiger partial charge on any atom is 0.374 e. The molecule has 0 aliphatic carbocycles. The number of aliphatic hydroxyl groups excluding tert-OH is 1. The Morgan fingerprint density at radius 3 is 2.71 bits per heavy atom. The normalized spacial score (nSPS) is 12.1. The van der Waals surface area contributed by atoms with Gasteiger partial charge in [0, 0.05) is 0 Å². The third-order valence-electron chi connectivity index (χ3n) is 3.05. The topological polar surface area (TPSA) is 71.7 Å². The number of ether oxygens (including phenoxy) is 1. The number of nitrogens with one attached hydrogen (secondary N) is 1. The monoisotopic (exact) mass is 289 g/mol. The third-order valence-corrected chi connectivity index (χ3v) is 3.05. The predicted molar refractivity (Wildman–Crippen MR) is 77.8 cm³/mol. The molecule has 1 heterocycles. The maximum absolute atomic E-state index is 11.5. The van der Waals surface area contributed by atoms with Crippen molar-refractivity contribution in [1.82, 2.24) is 5.32 Å². The highest BCUT2D eigenvalue weighted by molar-refractivity contribution is 5.86. The molecular formula is C16H19NO4. The highest BCUT2D eigenvalue weighted by Gasteiger charge is 2.14. The number of esters is 1. The molecule has 21 heavy (non-hydrogen) atoms. The minimum atomic E-state index is -0.467. The zero-order chi connectivity index (χ0) is 15.1. The van der Waals surface area contributed by atoms with E-state index >= 15 is 0 Å². The van der Waals surface area contributed by atoms with Crippen molar-refractivity contribution in [2.45, 2.75) is 19.5 Å². The molecule has 0 spiro atoms. The fourth-order valence-electron chi connectivity index (χ4n) is 1.98. The first-order valence-corrected chi connectivity index (χ1v) is 6.89. The molecule has 0 saturated carbocycles. The molecule has 0 aliphatic heterocycles. The van der Waals surface area contributed by atoms with Crippen LogP contribution in [0.3, 0.4) is 0 Å². The van der Waals surface area contributed by atoms with Crippen LogP contribution in [-0.2, 0) is 11.3 Å². The van der Waals surface area contributed by atoms with E-state index in [4.69, 9.17) is 9.15 Å². The summed E-state index contributed by atoms with van der Waals surface area (Å²) >= 11 is 0. The lowest BCUT2D eigenvalue weighted by Crippen LogP contribution is -2.23. The Balaban J connectivity index is 1.94. The third kappa shape index (κ3) is 4.18. The number of hydrogen-bond acceptors (Lipinski definition) is 5. The highest BCUT2D eigenvalue weighted by Crippen LogP contribution is 2.14. The second kappa shape index (κ2) is 7.61. The van der Waals surface area contributed by atoms with Crippen LogP contribution in [0.25, 0.3) is 0 Å². The predicted octanol–water partition coefficient (Wildman–Crippen LogP) is 2.28. The lowest BCUT2D eigenvalue weighted by atomic mass is 10.1. The average Bonchev–Trinajstić information content (AvgIpc) is 2.98. The van der Waals surface area contributed by atoms with Gasteiger partial charge in [-0.25, -0.2) is 4.79 Å². The molecule has 0 radical (unpaired) electrons. The molecule has 1 aromatic carbocycles. The van der Waals surface area contributed by atoms with E-state index in [1.807, 2.05) is 30.3 Å². The molecule has 1 unspecified atom stereocenters. The number of rotatable bonds is 7. The molecule has 1 atom stereocenters. The fourth-order valence-corrected chi connectivity index (χ4v) is 1.98. The van der Waals surface area contributed by atoms with Crippen LogP contribution in [0.1, 0.15) is 34.8 Å². The van der Waals surface area contributed by atoms with E-state index in [9.17, 15) is 9.90 Å². The van der Waals surface area contributed by atoms with Crippen LogP contribution in [0.15, 0.2) is 46.9 Å². The molecular weight excluding hydrogens is 270 g/mol. The number of benzene rings is 1. The van der Waals surface area contributed by atoms with Crippen LogP contribution in [0.2, 0.25) is 0 Å². The van der Waals surface area contributed by atoms with Crippen molar-refractivity contribution < 1.29 is 19.1 Å². The summed E-state index contributed by atoms with van der Waals surface area (Å²) in [5, 5.41) is 12.6. The van der Waals surface area contributed by atoms with Gasteiger partial charge in [0.1, 0.15) is 5.76 Å². The lowest BCUT2D eigenvalue weighted by molar-refractivity contribution is 0.0487. The van der Waals surface area contributed by atoms with Crippen LogP contribution >= 0.6 is 0 Å². The van der Waals surface area contributed by atoms with E-state index < -0.39 is 5.97 Å². The van der Waals surface area contributed by atoms with Crippen LogP contribution in [-0.4, -0.2) is 24.3 Å². The first kappa shape index (κ1) is 15.3. The molecule has 5 nitrogen and oxygen atoms in total. The van der Waals surface area contributed by atoms with Gasteiger partial charge in [-0.1, -0.05) is 30.3 Å². The number of hydrogen-bond donors (Lipinski definition) is 2. The van der Waals surface area contributed by atoms with E-state index in [1.54, 1.807) is 19.1 Å². The number of carbonyl (C=O) groups is 1. The Bertz CT molecular complexity index is 565. The Morgan fingerprint density at radius 2 is 2.05 bits per heavy atom. The van der Waals surface area contributed by atoms with E-state index in [0.717, 1.165) is 5.56 Å². The summed E-state index contributed by atoms with van der Waals surface area (Å²) < 4.78 is 10.3. The summed E-state index contributed by atoms with van der Waals surface area (Å²) in [6.45, 7) is 2.46. The van der Waals surface area contributed by atoms with Gasteiger partial charge in [0.15, 0.2) is 0 Å². The summed E-state index contributed by atoms with van der Waals surface area (Å²) in [6, 6.07) is 12.8. The van der Waals surface area contributed by atoms with Gasteiger partial charge in [0.05, 0.1) is 25.8 Å². The molecule has 2 rings (SSSR count). The average molecular weight is 289 g/mol. The van der Waals surface area contributed by atoms with Crippen LogP contribution < -0.4 is 5.32 Å². The molecule has 1 aromatic heterocycles. The van der Waals surface area contributed by atoms with Gasteiger partial charge in [-0.2, -0.15) is 0 Å². The summed E-state index contributed by atoms with van der Waals surface area (Å²) in [7, 11) is 0. The summed E-state index contributed by atoms with van der Waals surface area (Å²) in [4.78, 5) is 11.5. The van der Waals surface area contributed by atoms with Gasteiger partial charge in [-0.05, 0) is 24.6 Å². The van der Waals surface area contributed by atoms with Crippen LogP contribution in [0.5, 0.6) is 0 Å². The van der Waals surface area contributed by atoms with E-state index in [0.29, 0.717) is 18.9 Å². The largest absolute Gasteiger partial charge is 0.460 e. The van der Waals surface area contributed by atoms with Crippen molar-refractivity contribution in [2.75, 3.05) is 13.2 Å². The number of aliphatic hydroxyl groups is 1. The summed E-state index contributed by atoms with van der Waals surface area (Å²) in [5.41, 5.74) is 0.997. The zero-order valence-electron chi connectivity index (χ0n) is 11.9. The molecule has 0 amide bonds. The first-order valence-electron chi connectivity index (χ1n) is 6.89. The molecule has 0 saturated heterocycles. The van der Waals surface area contributed by atoms with Crippen molar-refractivity contribution in [2.24, 2.45) is 0 Å². The number of furan rings is 1. The Labute approximate surface area is 123 Å². The molecule has 2 N–H and O–H groups in total. The van der Waals surface area contributed by atoms with Crippen LogP contribution in [0, 0.1) is 0 Å². The lowest BCUT2D eigenvalue weighted by Gasteiger charge is -2.15. The molecule has 5 heteroatoms. The minimum absolute atomic E-state index is 0.0184. The van der Waals surface area contributed by atoms with Crippen molar-refractivity contribution in [3.8, 4) is 0 Å². The van der Waals surface area contributed by atoms with Gasteiger partial charge in [-0.15, -0.1) is 0 Å². The van der Waals surface area contributed by atoms with Crippen molar-refractivity contribution in [3.63, 3.8) is 0 Å². The standard InChI is InChI=1S/C16H19NO4/c1-2-20-16(19)15-9-8-13(21-15)10-17-14(11-18)12-6-4-3-5-7-12/h3-9,14,17-18H,2,10-11H2,1H3. The fraction of sp³-hybridized carbons (Fsp3) is 0.312. The smallest absolute Gasteiger partial charge is 0.374 e. The van der Waals surface area contributed by atoms with E-state index in [1.165, 1.54) is 0 Å². The van der Waals surface area contributed by atoms with Gasteiger partial charge in [-0.3, -0.25) is 0 Å². The van der Waals surface area contributed by atoms with Crippen molar-refractivity contribution in [1.29, 1.82) is 0 Å². The molecule has 0 bridgehead atoms. The Morgan fingerprint density at radius 1 is 1.29 bits per heavy atom. The van der Waals surface area contributed by atoms with Gasteiger partial charge in [0.25, 0.3) is 0 Å². The zero-order valence-corrected chi connectivity index (χ0v) is 11.9. The Hall–Kier alpha value is -2.11. The van der Waals surface area contributed by atoms with Crippen molar-refractivity contribution >= 4 is 5.97 Å². The number of carbonyl (C=O) groups excluding carboxylic acids is 1. The molecule has 112 valence electrons. The minimum Gasteiger partial charge on any atom is -0.460 e. The molecule has 0 fully saturated rings. The van der Waals surface area contributed by atoms with E-state index in [-0.39, 0.29) is 18.4 Å². The summed E-state index contributed by atoms with van der Waals surface area (Å²) in [5.74, 6) is 0.340. The SMILES string of the molecule is CCOC(=O)c1ccc(CNC(CO)c2ccccc2)o1. The van der Waals surface area contributed by atoms with Gasteiger partial charge < -0.3 is 19.6 Å². The first-order chi connectivity index (χ1) is 10.2. The second-order valence-corrected chi connectivity index (χ2v) is 4.51. The highest BCUT2D eigenvalue weighted by atomic mass is 16.5. The summed E-state index contributed by atoms with van der Waals surface area (Å²) in [6.07, 6.45) is 0. The second-order valence-electron chi connectivity index (χ2n) is 4.51. The van der Waals surface area contributed by atoms with Gasteiger partial charge in [0.2, 0.25) is 5.76 Å². The van der Waals surface area contributed by atoms with Gasteiger partial charge >= 0.3 is 5.97 Å². The molecule has 0 aliphatic rings.